The quantitative estimate of drug-likeness (QED) is 0.822. The van der Waals surface area contributed by atoms with Gasteiger partial charge in [0, 0.05) is 18.5 Å². The zero-order valence-corrected chi connectivity index (χ0v) is 12.4. The van der Waals surface area contributed by atoms with Gasteiger partial charge in [-0.25, -0.2) is 0 Å². The van der Waals surface area contributed by atoms with Gasteiger partial charge in [0.2, 0.25) is 5.91 Å². The summed E-state index contributed by atoms with van der Waals surface area (Å²) < 4.78 is 0. The lowest BCUT2D eigenvalue weighted by molar-refractivity contribution is -0.123. The van der Waals surface area contributed by atoms with Gasteiger partial charge in [-0.1, -0.05) is 32.1 Å². The third-order valence-electron chi connectivity index (χ3n) is 5.16. The fourth-order valence-corrected chi connectivity index (χ4v) is 3.79. The summed E-state index contributed by atoms with van der Waals surface area (Å²) in [7, 11) is 0. The summed E-state index contributed by atoms with van der Waals surface area (Å²) in [6, 6.07) is 0.581. The number of carbonyl (C=O) groups is 1. The Labute approximate surface area is 117 Å². The van der Waals surface area contributed by atoms with Crippen LogP contribution in [0.5, 0.6) is 0 Å². The minimum Gasteiger partial charge on any atom is -0.353 e. The molecule has 2 aliphatic carbocycles. The maximum Gasteiger partial charge on any atom is 0.220 e. The average Bonchev–Trinajstić information content (AvgIpc) is 2.42. The average molecular weight is 266 g/mol. The molecule has 110 valence electrons. The van der Waals surface area contributed by atoms with Crippen molar-refractivity contribution in [3.8, 4) is 0 Å². The van der Waals surface area contributed by atoms with Gasteiger partial charge >= 0.3 is 0 Å². The van der Waals surface area contributed by atoms with Crippen LogP contribution >= 0.6 is 0 Å². The first-order valence-corrected chi connectivity index (χ1v) is 8.21. The van der Waals surface area contributed by atoms with Crippen molar-refractivity contribution < 1.29 is 4.79 Å². The number of carbonyl (C=O) groups excluding carboxylic acids is 1. The van der Waals surface area contributed by atoms with Crippen molar-refractivity contribution in [3.05, 3.63) is 0 Å². The Morgan fingerprint density at radius 3 is 2.42 bits per heavy atom. The first-order chi connectivity index (χ1) is 9.16. The molecule has 3 unspecified atom stereocenters. The van der Waals surface area contributed by atoms with Gasteiger partial charge in [0.1, 0.15) is 0 Å². The Bertz CT molecular complexity index is 286. The minimum atomic E-state index is 0.223. The molecule has 19 heavy (non-hydrogen) atoms. The first kappa shape index (κ1) is 14.8. The fourth-order valence-electron chi connectivity index (χ4n) is 3.79. The molecule has 3 atom stereocenters. The predicted molar refractivity (Wildman–Crippen MR) is 78.7 cm³/mol. The molecule has 3 heteroatoms. The summed E-state index contributed by atoms with van der Waals surface area (Å²) in [5.41, 5.74) is 6.12. The van der Waals surface area contributed by atoms with Gasteiger partial charge < -0.3 is 11.1 Å². The summed E-state index contributed by atoms with van der Waals surface area (Å²) in [5, 5.41) is 3.22. The summed E-state index contributed by atoms with van der Waals surface area (Å²) >= 11 is 0. The largest absolute Gasteiger partial charge is 0.353 e. The smallest absolute Gasteiger partial charge is 0.220 e. The molecule has 0 aromatic heterocycles. The number of nitrogens with one attached hydrogen (secondary N) is 1. The lowest BCUT2D eigenvalue weighted by Gasteiger charge is -2.31. The van der Waals surface area contributed by atoms with E-state index < -0.39 is 0 Å². The monoisotopic (exact) mass is 266 g/mol. The van der Waals surface area contributed by atoms with Gasteiger partial charge in [0.15, 0.2) is 0 Å². The van der Waals surface area contributed by atoms with Crippen molar-refractivity contribution in [3.63, 3.8) is 0 Å². The molecule has 0 spiro atoms. The Morgan fingerprint density at radius 1 is 1.11 bits per heavy atom. The predicted octanol–water partition coefficient (Wildman–Crippen LogP) is 2.98. The third-order valence-corrected chi connectivity index (χ3v) is 5.16. The van der Waals surface area contributed by atoms with Gasteiger partial charge in [-0.3, -0.25) is 4.79 Å². The second-order valence-corrected chi connectivity index (χ2v) is 6.67. The highest BCUT2D eigenvalue weighted by molar-refractivity contribution is 5.76. The molecule has 0 bridgehead atoms. The van der Waals surface area contributed by atoms with Gasteiger partial charge in [0.25, 0.3) is 0 Å². The SMILES string of the molecule is CC(NC(=O)CC1CCCCC1N)C1CCCCC1. The normalized spacial score (nSPS) is 30.8. The van der Waals surface area contributed by atoms with Gasteiger partial charge in [-0.05, 0) is 44.4 Å². The van der Waals surface area contributed by atoms with Crippen LogP contribution in [0.1, 0.15) is 71.1 Å². The number of hydrogen-bond donors (Lipinski definition) is 2. The molecule has 0 radical (unpaired) electrons. The molecule has 2 fully saturated rings. The maximum atomic E-state index is 12.1. The van der Waals surface area contributed by atoms with Gasteiger partial charge in [-0.15, -0.1) is 0 Å². The van der Waals surface area contributed by atoms with Crippen molar-refractivity contribution in [1.82, 2.24) is 5.32 Å². The van der Waals surface area contributed by atoms with Crippen LogP contribution in [-0.4, -0.2) is 18.0 Å². The molecule has 2 saturated carbocycles. The highest BCUT2D eigenvalue weighted by Gasteiger charge is 2.26. The molecule has 3 nitrogen and oxygen atoms in total. The Kier molecular flexibility index (Phi) is 5.68. The van der Waals surface area contributed by atoms with Crippen LogP contribution in [-0.2, 0) is 4.79 Å². The van der Waals surface area contributed by atoms with Crippen LogP contribution in [0.4, 0.5) is 0 Å². The van der Waals surface area contributed by atoms with E-state index in [0.717, 1.165) is 12.8 Å². The van der Waals surface area contributed by atoms with E-state index in [1.165, 1.54) is 44.9 Å². The molecule has 2 rings (SSSR count). The maximum absolute atomic E-state index is 12.1. The molecule has 0 heterocycles. The summed E-state index contributed by atoms with van der Waals surface area (Å²) in [5.74, 6) is 1.32. The number of nitrogens with two attached hydrogens (primary N) is 1. The van der Waals surface area contributed by atoms with Crippen LogP contribution in [0.2, 0.25) is 0 Å². The molecule has 0 saturated heterocycles. The van der Waals surface area contributed by atoms with Crippen molar-refractivity contribution >= 4 is 5.91 Å². The lowest BCUT2D eigenvalue weighted by Crippen LogP contribution is -2.42. The van der Waals surface area contributed by atoms with E-state index in [1.807, 2.05) is 0 Å². The number of hydrogen-bond acceptors (Lipinski definition) is 2. The zero-order valence-electron chi connectivity index (χ0n) is 12.4. The molecule has 0 aliphatic heterocycles. The Morgan fingerprint density at radius 2 is 1.74 bits per heavy atom. The highest BCUT2D eigenvalue weighted by atomic mass is 16.1. The van der Waals surface area contributed by atoms with E-state index in [0.29, 0.717) is 24.3 Å². The van der Waals surface area contributed by atoms with Gasteiger partial charge in [-0.2, -0.15) is 0 Å². The molecule has 0 aromatic carbocycles. The minimum absolute atomic E-state index is 0.223. The fraction of sp³-hybridized carbons (Fsp3) is 0.938. The summed E-state index contributed by atoms with van der Waals surface area (Å²) in [4.78, 5) is 12.1. The second-order valence-electron chi connectivity index (χ2n) is 6.67. The Hall–Kier alpha value is -0.570. The lowest BCUT2D eigenvalue weighted by atomic mass is 9.82. The number of amides is 1. The molecular formula is C16H30N2O. The van der Waals surface area contributed by atoms with Crippen LogP contribution in [0, 0.1) is 11.8 Å². The molecule has 0 aromatic rings. The zero-order chi connectivity index (χ0) is 13.7. The Balaban J connectivity index is 1.73. The summed E-state index contributed by atoms with van der Waals surface area (Å²) in [6.45, 7) is 2.18. The van der Waals surface area contributed by atoms with Crippen LogP contribution in [0.3, 0.4) is 0 Å². The van der Waals surface area contributed by atoms with Crippen molar-refractivity contribution in [2.75, 3.05) is 0 Å². The topological polar surface area (TPSA) is 55.1 Å². The van der Waals surface area contributed by atoms with Crippen LogP contribution in [0.15, 0.2) is 0 Å². The standard InChI is InChI=1S/C16H30N2O/c1-12(13-7-3-2-4-8-13)18-16(19)11-14-9-5-6-10-15(14)17/h12-15H,2-11,17H2,1H3,(H,18,19). The van der Waals surface area contributed by atoms with Gasteiger partial charge in [0.05, 0.1) is 0 Å². The van der Waals surface area contributed by atoms with E-state index in [1.54, 1.807) is 0 Å². The van der Waals surface area contributed by atoms with Crippen molar-refractivity contribution in [2.24, 2.45) is 17.6 Å². The summed E-state index contributed by atoms with van der Waals surface area (Å²) in [6.07, 6.45) is 11.9. The van der Waals surface area contributed by atoms with Crippen LogP contribution < -0.4 is 11.1 Å². The first-order valence-electron chi connectivity index (χ1n) is 8.21. The molecular weight excluding hydrogens is 236 g/mol. The van der Waals surface area contributed by atoms with E-state index in [-0.39, 0.29) is 11.9 Å². The van der Waals surface area contributed by atoms with E-state index in [2.05, 4.69) is 12.2 Å². The van der Waals surface area contributed by atoms with E-state index in [9.17, 15) is 4.79 Å². The van der Waals surface area contributed by atoms with E-state index in [4.69, 9.17) is 5.73 Å². The highest BCUT2D eigenvalue weighted by Crippen LogP contribution is 2.28. The number of rotatable bonds is 4. The van der Waals surface area contributed by atoms with E-state index >= 15 is 0 Å². The second kappa shape index (κ2) is 7.28. The molecule has 1 amide bonds. The third kappa shape index (κ3) is 4.48. The van der Waals surface area contributed by atoms with Crippen molar-refractivity contribution in [1.29, 1.82) is 0 Å². The molecule has 2 aliphatic rings. The van der Waals surface area contributed by atoms with Crippen LogP contribution in [0.25, 0.3) is 0 Å². The van der Waals surface area contributed by atoms with Crippen molar-refractivity contribution in [2.45, 2.75) is 83.2 Å². The molecule has 3 N–H and O–H groups in total.